The van der Waals surface area contributed by atoms with Gasteiger partial charge in [0.1, 0.15) is 11.4 Å². The van der Waals surface area contributed by atoms with Gasteiger partial charge in [-0.15, -0.1) is 0 Å². The number of hydrogen-bond acceptors (Lipinski definition) is 5. The maximum absolute atomic E-state index is 13.4. The summed E-state index contributed by atoms with van der Waals surface area (Å²) >= 11 is 6.27. The van der Waals surface area contributed by atoms with Gasteiger partial charge in [0.2, 0.25) is 0 Å². The third-order valence-corrected chi connectivity index (χ3v) is 5.72. The number of hydrogen-bond donors (Lipinski definition) is 1. The lowest BCUT2D eigenvalue weighted by Crippen LogP contribution is -2.32. The number of carbonyl (C=O) groups is 2. The molecule has 0 spiro atoms. The second-order valence-corrected chi connectivity index (χ2v) is 8.17. The number of benzene rings is 2. The van der Waals surface area contributed by atoms with Gasteiger partial charge in [0, 0.05) is 23.1 Å². The Morgan fingerprint density at radius 2 is 1.73 bits per heavy atom. The van der Waals surface area contributed by atoms with Gasteiger partial charge in [-0.2, -0.15) is 0 Å². The third-order valence-electron chi connectivity index (χ3n) is 5.32. The molecule has 1 aliphatic heterocycles. The Morgan fingerprint density at radius 3 is 2.39 bits per heavy atom. The van der Waals surface area contributed by atoms with Crippen molar-refractivity contribution in [2.45, 2.75) is 26.8 Å². The minimum absolute atomic E-state index is 0.154. The van der Waals surface area contributed by atoms with Crippen LogP contribution in [0.25, 0.3) is 5.57 Å². The van der Waals surface area contributed by atoms with E-state index in [4.69, 9.17) is 16.3 Å². The van der Waals surface area contributed by atoms with E-state index in [2.05, 4.69) is 10.3 Å². The second kappa shape index (κ2) is 9.88. The van der Waals surface area contributed by atoms with E-state index in [9.17, 15) is 9.59 Å². The van der Waals surface area contributed by atoms with Crippen molar-refractivity contribution in [2.75, 3.05) is 11.9 Å². The van der Waals surface area contributed by atoms with Crippen molar-refractivity contribution >= 4 is 34.7 Å². The summed E-state index contributed by atoms with van der Waals surface area (Å²) in [5.41, 5.74) is 3.54. The number of pyridine rings is 1. The number of nitrogens with one attached hydrogen (secondary N) is 1. The summed E-state index contributed by atoms with van der Waals surface area (Å²) in [6, 6.07) is 16.2. The van der Waals surface area contributed by atoms with Crippen molar-refractivity contribution in [1.82, 2.24) is 9.88 Å². The summed E-state index contributed by atoms with van der Waals surface area (Å²) in [5, 5.41) is 3.72. The van der Waals surface area contributed by atoms with Crippen molar-refractivity contribution in [3.05, 3.63) is 94.4 Å². The average Bonchev–Trinajstić information content (AvgIpc) is 3.05. The van der Waals surface area contributed by atoms with Gasteiger partial charge in [0.05, 0.1) is 18.7 Å². The number of anilines is 1. The zero-order valence-corrected chi connectivity index (χ0v) is 19.2. The number of nitrogens with zero attached hydrogens (tertiary/aromatic N) is 2. The molecule has 0 aliphatic carbocycles. The van der Waals surface area contributed by atoms with Gasteiger partial charge in [-0.1, -0.05) is 36.7 Å². The van der Waals surface area contributed by atoms with Gasteiger partial charge in [-0.25, -0.2) is 0 Å². The second-order valence-electron chi connectivity index (χ2n) is 7.76. The van der Waals surface area contributed by atoms with Crippen LogP contribution < -0.4 is 10.1 Å². The fourth-order valence-electron chi connectivity index (χ4n) is 3.53. The lowest BCUT2D eigenvalue weighted by Gasteiger charge is -2.15. The molecule has 1 aromatic heterocycles. The van der Waals surface area contributed by atoms with Crippen molar-refractivity contribution < 1.29 is 14.3 Å². The van der Waals surface area contributed by atoms with Gasteiger partial charge < -0.3 is 10.1 Å². The van der Waals surface area contributed by atoms with Crippen LogP contribution in [0.15, 0.2) is 72.7 Å². The number of amides is 2. The zero-order valence-electron chi connectivity index (χ0n) is 18.5. The monoisotopic (exact) mass is 461 g/mol. The Kier molecular flexibility index (Phi) is 6.75. The molecule has 6 nitrogen and oxygen atoms in total. The number of ether oxygens (including phenoxy) is 1. The highest BCUT2D eigenvalue weighted by molar-refractivity contribution is 6.36. The van der Waals surface area contributed by atoms with Crippen molar-refractivity contribution in [3.63, 3.8) is 0 Å². The van der Waals surface area contributed by atoms with E-state index in [1.54, 1.807) is 42.7 Å². The number of aromatic nitrogens is 1. The normalized spacial score (nSPS) is 13.6. The maximum Gasteiger partial charge on any atom is 0.278 e. The summed E-state index contributed by atoms with van der Waals surface area (Å²) in [7, 11) is 0. The maximum atomic E-state index is 13.4. The molecule has 0 saturated carbocycles. The molecule has 7 heteroatoms. The lowest BCUT2D eigenvalue weighted by molar-refractivity contribution is -0.137. The van der Waals surface area contributed by atoms with E-state index in [-0.39, 0.29) is 18.1 Å². The SMILES string of the molecule is CCCOc1ccc(C2=C(Nc3ccc(C)c(Cl)c3)C(=O)N(Cc3ccncc3)C2=O)cc1. The van der Waals surface area contributed by atoms with Gasteiger partial charge in [0.15, 0.2) is 0 Å². The van der Waals surface area contributed by atoms with Crippen LogP contribution >= 0.6 is 11.6 Å². The van der Waals surface area contributed by atoms with E-state index >= 15 is 0 Å². The predicted octanol–water partition coefficient (Wildman–Crippen LogP) is 5.22. The molecule has 0 atom stereocenters. The Morgan fingerprint density at radius 1 is 1.00 bits per heavy atom. The van der Waals surface area contributed by atoms with E-state index in [1.165, 1.54) is 4.90 Å². The van der Waals surface area contributed by atoms with Crippen LogP contribution in [0.5, 0.6) is 5.75 Å². The largest absolute Gasteiger partial charge is 0.494 e. The smallest absolute Gasteiger partial charge is 0.278 e. The highest BCUT2D eigenvalue weighted by Gasteiger charge is 2.39. The van der Waals surface area contributed by atoms with Gasteiger partial charge in [-0.05, 0) is 66.4 Å². The molecule has 4 rings (SSSR count). The molecule has 168 valence electrons. The summed E-state index contributed by atoms with van der Waals surface area (Å²) in [5.74, 6) is -0.0407. The highest BCUT2D eigenvalue weighted by Crippen LogP contribution is 2.33. The number of carbonyl (C=O) groups excluding carboxylic acids is 2. The first-order valence-corrected chi connectivity index (χ1v) is 11.1. The quantitative estimate of drug-likeness (QED) is 0.465. The molecule has 2 aromatic carbocycles. The van der Waals surface area contributed by atoms with Crippen molar-refractivity contribution in [2.24, 2.45) is 0 Å². The molecular weight excluding hydrogens is 438 g/mol. The first-order valence-electron chi connectivity index (χ1n) is 10.7. The standard InChI is InChI=1S/C26H24ClN3O3/c1-3-14-33-21-8-5-19(6-9-21)23-24(29-20-7-4-17(2)22(27)15-20)26(32)30(25(23)31)16-18-10-12-28-13-11-18/h4-13,15,29H,3,14,16H2,1-2H3. The van der Waals surface area contributed by atoms with Crippen LogP contribution in [-0.4, -0.2) is 28.3 Å². The summed E-state index contributed by atoms with van der Waals surface area (Å²) in [6.45, 7) is 4.70. The average molecular weight is 462 g/mol. The molecule has 0 unspecified atom stereocenters. The van der Waals surface area contributed by atoms with Crippen LogP contribution in [0.2, 0.25) is 5.02 Å². The van der Waals surface area contributed by atoms with Gasteiger partial charge in [-0.3, -0.25) is 19.5 Å². The fourth-order valence-corrected chi connectivity index (χ4v) is 3.71. The van der Waals surface area contributed by atoms with Crippen LogP contribution in [0.1, 0.15) is 30.0 Å². The predicted molar refractivity (Wildman–Crippen MR) is 129 cm³/mol. The first kappa shape index (κ1) is 22.6. The molecule has 0 bridgehead atoms. The van der Waals surface area contributed by atoms with Crippen molar-refractivity contribution in [1.29, 1.82) is 0 Å². The molecule has 0 saturated heterocycles. The zero-order chi connectivity index (χ0) is 23.4. The Bertz CT molecular complexity index is 1210. The number of rotatable bonds is 8. The minimum Gasteiger partial charge on any atom is -0.494 e. The summed E-state index contributed by atoms with van der Waals surface area (Å²) in [4.78, 5) is 32.1. The Labute approximate surface area is 197 Å². The molecule has 3 aromatic rings. The molecule has 0 fully saturated rings. The van der Waals surface area contributed by atoms with Gasteiger partial charge in [0.25, 0.3) is 11.8 Å². The molecule has 33 heavy (non-hydrogen) atoms. The van der Waals surface area contributed by atoms with Crippen LogP contribution in [0, 0.1) is 6.92 Å². The Hall–Kier alpha value is -3.64. The van der Waals surface area contributed by atoms with E-state index in [1.807, 2.05) is 38.1 Å². The summed E-state index contributed by atoms with van der Waals surface area (Å²) in [6.07, 6.45) is 4.17. The summed E-state index contributed by atoms with van der Waals surface area (Å²) < 4.78 is 5.65. The van der Waals surface area contributed by atoms with Gasteiger partial charge >= 0.3 is 0 Å². The Balaban J connectivity index is 1.71. The highest BCUT2D eigenvalue weighted by atomic mass is 35.5. The minimum atomic E-state index is -0.394. The lowest BCUT2D eigenvalue weighted by atomic mass is 10.0. The number of halogens is 1. The van der Waals surface area contributed by atoms with Crippen molar-refractivity contribution in [3.8, 4) is 5.75 Å². The van der Waals surface area contributed by atoms with E-state index in [0.717, 1.165) is 17.5 Å². The van der Waals surface area contributed by atoms with Crippen LogP contribution in [0.4, 0.5) is 5.69 Å². The molecule has 2 heterocycles. The molecule has 2 amide bonds. The molecule has 1 aliphatic rings. The molecule has 0 radical (unpaired) electrons. The molecule has 1 N–H and O–H groups in total. The van der Waals surface area contributed by atoms with Crippen LogP contribution in [0.3, 0.4) is 0 Å². The number of aryl methyl sites for hydroxylation is 1. The fraction of sp³-hybridized carbons (Fsp3) is 0.192. The third kappa shape index (κ3) is 4.91. The first-order chi connectivity index (χ1) is 16.0. The van der Waals surface area contributed by atoms with E-state index < -0.39 is 5.91 Å². The topological polar surface area (TPSA) is 71.5 Å². The van der Waals surface area contributed by atoms with Crippen LogP contribution in [-0.2, 0) is 16.1 Å². The number of imide groups is 1. The van der Waals surface area contributed by atoms with E-state index in [0.29, 0.717) is 34.2 Å². The molecular formula is C26H24ClN3O3.